The molecule has 8 nitrogen and oxygen atoms in total. The molecule has 2 aromatic rings. The number of fused-ring (bicyclic) bond motifs is 1. The number of nitrogens with one attached hydrogen (secondary N) is 3. The average Bonchev–Trinajstić information content (AvgIpc) is 2.93. The van der Waals surface area contributed by atoms with Crippen LogP contribution in [0, 0.1) is 0 Å². The molecule has 0 bridgehead atoms. The van der Waals surface area contributed by atoms with E-state index in [4.69, 9.17) is 16.3 Å². The molecule has 2 aliphatic rings. The minimum absolute atomic E-state index is 0.00133. The monoisotopic (exact) mass is 542 g/mol. The van der Waals surface area contributed by atoms with E-state index < -0.39 is 0 Å². The molecule has 1 saturated carbocycles. The molecule has 1 heterocycles. The van der Waals surface area contributed by atoms with Gasteiger partial charge in [0, 0.05) is 38.5 Å². The van der Waals surface area contributed by atoms with Crippen LogP contribution in [0.5, 0.6) is 11.5 Å². The number of anilines is 1. The van der Waals surface area contributed by atoms with Crippen LogP contribution in [0.3, 0.4) is 0 Å². The fourth-order valence-electron chi connectivity index (χ4n) is 5.23. The van der Waals surface area contributed by atoms with Gasteiger partial charge in [0.2, 0.25) is 5.91 Å². The second-order valence-electron chi connectivity index (χ2n) is 10.0. The van der Waals surface area contributed by atoms with E-state index in [1.54, 1.807) is 6.07 Å². The molecule has 1 unspecified atom stereocenters. The Bertz CT molecular complexity index is 1060. The van der Waals surface area contributed by atoms with Crippen LogP contribution in [-0.2, 0) is 22.4 Å². The van der Waals surface area contributed by atoms with E-state index in [1.165, 1.54) is 24.8 Å². The quantitative estimate of drug-likeness (QED) is 0.133. The molecule has 0 aromatic heterocycles. The molecule has 9 heteroatoms. The lowest BCUT2D eigenvalue weighted by atomic mass is 9.94. The maximum atomic E-state index is 13.2. The van der Waals surface area contributed by atoms with Gasteiger partial charge in [-0.15, -0.1) is 11.6 Å². The molecule has 38 heavy (non-hydrogen) atoms. The second kappa shape index (κ2) is 14.4. The summed E-state index contributed by atoms with van der Waals surface area (Å²) < 4.78 is 5.57. The summed E-state index contributed by atoms with van der Waals surface area (Å²) in [5.41, 5.74) is 2.22. The van der Waals surface area contributed by atoms with Crippen LogP contribution in [0.4, 0.5) is 5.69 Å². The highest BCUT2D eigenvalue weighted by Gasteiger charge is 2.25. The van der Waals surface area contributed by atoms with Crippen LogP contribution in [0.15, 0.2) is 42.5 Å². The Balaban J connectivity index is 1.23. The molecule has 4 N–H and O–H groups in total. The zero-order chi connectivity index (χ0) is 26.7. The van der Waals surface area contributed by atoms with Crippen molar-refractivity contribution >= 4 is 29.1 Å². The van der Waals surface area contributed by atoms with E-state index in [-0.39, 0.29) is 29.7 Å². The van der Waals surface area contributed by atoms with Crippen LogP contribution < -0.4 is 20.7 Å². The van der Waals surface area contributed by atoms with E-state index in [1.807, 2.05) is 24.3 Å². The van der Waals surface area contributed by atoms with Gasteiger partial charge in [-0.05, 0) is 43.0 Å². The predicted octanol–water partition coefficient (Wildman–Crippen LogP) is 3.80. The molecule has 1 aliphatic carbocycles. The molecule has 1 fully saturated rings. The first kappa shape index (κ1) is 28.2. The number of halogens is 1. The fourth-order valence-corrected chi connectivity index (χ4v) is 5.52. The molecule has 1 atom stereocenters. The molecule has 0 spiro atoms. The van der Waals surface area contributed by atoms with Gasteiger partial charge < -0.3 is 30.7 Å². The summed E-state index contributed by atoms with van der Waals surface area (Å²) in [5.74, 6) is 0.430. The Labute approximate surface area is 230 Å². The van der Waals surface area contributed by atoms with Crippen molar-refractivity contribution in [2.24, 2.45) is 0 Å². The van der Waals surface area contributed by atoms with E-state index in [9.17, 15) is 14.7 Å². The zero-order valence-corrected chi connectivity index (χ0v) is 22.6. The predicted molar refractivity (Wildman–Crippen MR) is 150 cm³/mol. The summed E-state index contributed by atoms with van der Waals surface area (Å²) in [4.78, 5) is 26.9. The van der Waals surface area contributed by atoms with Gasteiger partial charge in [0.25, 0.3) is 5.91 Å². The van der Waals surface area contributed by atoms with Gasteiger partial charge in [-0.2, -0.15) is 0 Å². The number of ether oxygens (including phenoxy) is 1. The number of phenolic OH excluding ortho intramolecular Hbond substituents is 1. The maximum Gasteiger partial charge on any atom is 0.262 e. The Morgan fingerprint density at radius 3 is 2.68 bits per heavy atom. The summed E-state index contributed by atoms with van der Waals surface area (Å²) in [6, 6.07) is 13.8. The Hall–Kier alpha value is -2.81. The number of hydrogen-bond acceptors (Lipinski definition) is 6. The van der Waals surface area contributed by atoms with Crippen molar-refractivity contribution in [2.75, 3.05) is 38.1 Å². The standard InChI is InChI=1S/C29H39ClN4O4/c30-25(19-21-7-3-1-4-8-21)32-16-14-27(37)34(23-9-5-2-6-10-23)18-17-31-15-13-22-11-12-24(35)28-29(22)38-20-26(36)33-28/h1,3-4,7-8,11-12,23,25,31-32,35H,2,5-6,9-10,13-20H2,(H,33,36). The fraction of sp³-hybridized carbons (Fsp3) is 0.517. The van der Waals surface area contributed by atoms with Crippen molar-refractivity contribution in [2.45, 2.75) is 62.9 Å². The lowest BCUT2D eigenvalue weighted by Gasteiger charge is -2.35. The zero-order valence-electron chi connectivity index (χ0n) is 21.9. The van der Waals surface area contributed by atoms with Gasteiger partial charge >= 0.3 is 0 Å². The number of rotatable bonds is 13. The minimum atomic E-state index is -0.275. The molecule has 0 radical (unpaired) electrons. The highest BCUT2D eigenvalue weighted by molar-refractivity contribution is 6.20. The number of hydrogen-bond donors (Lipinski definition) is 4. The molecule has 4 rings (SSSR count). The first-order valence-corrected chi connectivity index (χ1v) is 14.1. The van der Waals surface area contributed by atoms with E-state index in [2.05, 4.69) is 33.0 Å². The molecule has 0 saturated heterocycles. The molecule has 2 aromatic carbocycles. The topological polar surface area (TPSA) is 103 Å². The maximum absolute atomic E-state index is 13.2. The van der Waals surface area contributed by atoms with Crippen molar-refractivity contribution in [1.82, 2.24) is 15.5 Å². The molecule has 1 aliphatic heterocycles. The Kier molecular flexibility index (Phi) is 10.7. The molecule has 2 amide bonds. The number of alkyl halides is 1. The van der Waals surface area contributed by atoms with Crippen LogP contribution in [-0.4, -0.2) is 66.1 Å². The molecular formula is C29H39ClN4O4. The van der Waals surface area contributed by atoms with Gasteiger partial charge in [-0.25, -0.2) is 0 Å². The number of phenols is 1. The first-order chi connectivity index (χ1) is 18.5. The van der Waals surface area contributed by atoms with Crippen molar-refractivity contribution in [3.63, 3.8) is 0 Å². The van der Waals surface area contributed by atoms with Crippen LogP contribution in [0.2, 0.25) is 0 Å². The van der Waals surface area contributed by atoms with Crippen LogP contribution >= 0.6 is 11.6 Å². The summed E-state index contributed by atoms with van der Waals surface area (Å²) in [6.07, 6.45) is 7.53. The van der Waals surface area contributed by atoms with E-state index >= 15 is 0 Å². The molecule has 206 valence electrons. The SMILES string of the molecule is O=C1COc2c(CCNCCN(C(=O)CCNC(Cl)Cc3ccccc3)C3CCCCC3)ccc(O)c2N1. The third-order valence-electron chi connectivity index (χ3n) is 7.23. The third kappa shape index (κ3) is 8.09. The highest BCUT2D eigenvalue weighted by Crippen LogP contribution is 2.39. The summed E-state index contributed by atoms with van der Waals surface area (Å²) in [6.45, 7) is 2.55. The van der Waals surface area contributed by atoms with Gasteiger partial charge in [-0.3, -0.25) is 9.59 Å². The smallest absolute Gasteiger partial charge is 0.262 e. The van der Waals surface area contributed by atoms with Gasteiger partial charge in [0.05, 0.1) is 5.50 Å². The number of carbonyl (C=O) groups excluding carboxylic acids is 2. The normalized spacial score (nSPS) is 16.3. The highest BCUT2D eigenvalue weighted by atomic mass is 35.5. The Morgan fingerprint density at radius 1 is 1.11 bits per heavy atom. The number of nitrogens with zero attached hydrogens (tertiary/aromatic N) is 1. The van der Waals surface area contributed by atoms with Gasteiger partial charge in [0.1, 0.15) is 11.4 Å². The Morgan fingerprint density at radius 2 is 1.89 bits per heavy atom. The average molecular weight is 543 g/mol. The van der Waals surface area contributed by atoms with Crippen molar-refractivity contribution in [1.29, 1.82) is 0 Å². The second-order valence-corrected chi connectivity index (χ2v) is 10.6. The summed E-state index contributed by atoms with van der Waals surface area (Å²) >= 11 is 6.47. The van der Waals surface area contributed by atoms with Crippen LogP contribution in [0.25, 0.3) is 0 Å². The van der Waals surface area contributed by atoms with Crippen molar-refractivity contribution in [3.8, 4) is 11.5 Å². The first-order valence-electron chi connectivity index (χ1n) is 13.7. The van der Waals surface area contributed by atoms with E-state index in [0.717, 1.165) is 18.4 Å². The van der Waals surface area contributed by atoms with Crippen molar-refractivity contribution < 1.29 is 19.4 Å². The largest absolute Gasteiger partial charge is 0.506 e. The lowest BCUT2D eigenvalue weighted by Crippen LogP contribution is -2.46. The number of benzene rings is 2. The summed E-state index contributed by atoms with van der Waals surface area (Å²) in [7, 11) is 0. The van der Waals surface area contributed by atoms with Crippen molar-refractivity contribution in [3.05, 3.63) is 53.6 Å². The minimum Gasteiger partial charge on any atom is -0.506 e. The van der Waals surface area contributed by atoms with Gasteiger partial charge in [0.15, 0.2) is 12.4 Å². The number of amides is 2. The lowest BCUT2D eigenvalue weighted by molar-refractivity contribution is -0.134. The van der Waals surface area contributed by atoms with E-state index in [0.29, 0.717) is 62.9 Å². The van der Waals surface area contributed by atoms with Crippen LogP contribution in [0.1, 0.15) is 49.7 Å². The van der Waals surface area contributed by atoms with Gasteiger partial charge in [-0.1, -0.05) is 55.7 Å². The summed E-state index contributed by atoms with van der Waals surface area (Å²) in [5, 5.41) is 19.5. The number of aromatic hydroxyl groups is 1. The molecular weight excluding hydrogens is 504 g/mol. The number of carbonyl (C=O) groups is 2. The third-order valence-corrected chi connectivity index (χ3v) is 7.54.